The van der Waals surface area contributed by atoms with E-state index in [-0.39, 0.29) is 30.4 Å². The van der Waals surface area contributed by atoms with E-state index in [1.165, 1.54) is 11.1 Å². The van der Waals surface area contributed by atoms with E-state index < -0.39 is 5.97 Å². The van der Waals surface area contributed by atoms with Crippen LogP contribution in [0.5, 0.6) is 0 Å². The molecule has 0 aromatic heterocycles. The van der Waals surface area contributed by atoms with Gasteiger partial charge < -0.3 is 15.7 Å². The number of amides is 2. The molecule has 28 heavy (non-hydrogen) atoms. The third-order valence-electron chi connectivity index (χ3n) is 6.69. The molecule has 1 heterocycles. The molecule has 0 spiro atoms. The first-order valence-corrected chi connectivity index (χ1v) is 10.2. The zero-order valence-corrected chi connectivity index (χ0v) is 17.0. The maximum atomic E-state index is 13.0. The number of hydrogen-bond donors (Lipinski definition) is 2. The van der Waals surface area contributed by atoms with E-state index in [0.717, 1.165) is 50.9 Å². The van der Waals surface area contributed by atoms with Gasteiger partial charge in [-0.1, -0.05) is 6.07 Å². The summed E-state index contributed by atoms with van der Waals surface area (Å²) in [5.74, 6) is -0.366. The average Bonchev–Trinajstić information content (AvgIpc) is 3.08. The van der Waals surface area contributed by atoms with Gasteiger partial charge in [0.2, 0.25) is 0 Å². The van der Waals surface area contributed by atoms with E-state index in [1.54, 1.807) is 0 Å². The predicted octanol–water partition coefficient (Wildman–Crippen LogP) is 3.06. The van der Waals surface area contributed by atoms with Gasteiger partial charge in [-0.05, 0) is 80.7 Å². The van der Waals surface area contributed by atoms with E-state index in [2.05, 4.69) is 18.2 Å². The molecule has 7 heteroatoms. The lowest BCUT2D eigenvalue weighted by atomic mass is 9.84. The van der Waals surface area contributed by atoms with Crippen LogP contribution in [0.4, 0.5) is 10.5 Å². The van der Waals surface area contributed by atoms with Gasteiger partial charge in [-0.25, -0.2) is 4.79 Å². The van der Waals surface area contributed by atoms with Crippen molar-refractivity contribution in [2.24, 2.45) is 17.6 Å². The van der Waals surface area contributed by atoms with Crippen LogP contribution in [0, 0.1) is 11.8 Å². The van der Waals surface area contributed by atoms with Crippen LogP contribution in [-0.2, 0) is 17.6 Å². The van der Waals surface area contributed by atoms with Crippen molar-refractivity contribution in [3.63, 3.8) is 0 Å². The lowest BCUT2D eigenvalue weighted by molar-refractivity contribution is -0.143. The van der Waals surface area contributed by atoms with Gasteiger partial charge in [0.05, 0.1) is 5.92 Å². The molecule has 1 aromatic rings. The van der Waals surface area contributed by atoms with Gasteiger partial charge in [-0.3, -0.25) is 9.69 Å². The fourth-order valence-corrected chi connectivity index (χ4v) is 4.95. The van der Waals surface area contributed by atoms with E-state index in [0.29, 0.717) is 25.3 Å². The minimum atomic E-state index is -0.700. The number of anilines is 1. The minimum absolute atomic E-state index is 0. The second-order valence-corrected chi connectivity index (χ2v) is 8.27. The lowest BCUT2D eigenvalue weighted by Crippen LogP contribution is -2.42. The molecule has 1 aliphatic heterocycles. The van der Waals surface area contributed by atoms with Crippen molar-refractivity contribution in [3.05, 3.63) is 29.3 Å². The molecule has 4 rings (SSSR count). The molecule has 1 saturated heterocycles. The number of carboxylic acids is 1. The van der Waals surface area contributed by atoms with Gasteiger partial charge in [0, 0.05) is 24.8 Å². The molecule has 154 valence electrons. The largest absolute Gasteiger partial charge is 0.481 e. The Kier molecular flexibility index (Phi) is 6.50. The first-order valence-electron chi connectivity index (χ1n) is 10.2. The van der Waals surface area contributed by atoms with Crippen LogP contribution in [0.15, 0.2) is 18.2 Å². The van der Waals surface area contributed by atoms with E-state index in [9.17, 15) is 9.59 Å². The minimum Gasteiger partial charge on any atom is -0.481 e. The Balaban J connectivity index is 0.00000225. The third kappa shape index (κ3) is 3.98. The van der Waals surface area contributed by atoms with Gasteiger partial charge in [-0.2, -0.15) is 0 Å². The zero-order chi connectivity index (χ0) is 19.0. The first kappa shape index (κ1) is 20.9. The summed E-state index contributed by atoms with van der Waals surface area (Å²) in [5.41, 5.74) is 9.54. The number of urea groups is 1. The van der Waals surface area contributed by atoms with E-state index in [1.807, 2.05) is 9.80 Å². The number of benzene rings is 1. The molecule has 0 radical (unpaired) electrons. The molecule has 6 nitrogen and oxygen atoms in total. The standard InChI is InChI=1S/C21H29N3O3.ClH/c22-13-14-1-2-17-12-19(8-5-16(17)11-14)24-10-9-23(21(24)27)18-6-3-15(4-7-18)20(25)26;/h5,8,12,14-15,18H,1-4,6-7,9-11,13,22H2,(H,25,26);1H. The summed E-state index contributed by atoms with van der Waals surface area (Å²) in [4.78, 5) is 28.0. The van der Waals surface area contributed by atoms with Crippen LogP contribution in [0.3, 0.4) is 0 Å². The van der Waals surface area contributed by atoms with Crippen molar-refractivity contribution >= 4 is 30.1 Å². The van der Waals surface area contributed by atoms with Crippen molar-refractivity contribution in [3.8, 4) is 0 Å². The third-order valence-corrected chi connectivity index (χ3v) is 6.69. The highest BCUT2D eigenvalue weighted by Crippen LogP contribution is 2.33. The molecule has 1 aromatic carbocycles. The Labute approximate surface area is 172 Å². The Bertz CT molecular complexity index is 734. The van der Waals surface area contributed by atoms with Gasteiger partial charge >= 0.3 is 12.0 Å². The molecule has 3 N–H and O–H groups in total. The summed E-state index contributed by atoms with van der Waals surface area (Å²) in [6.45, 7) is 2.18. The maximum absolute atomic E-state index is 13.0. The number of aliphatic carboxylic acids is 1. The van der Waals surface area contributed by atoms with Crippen molar-refractivity contribution < 1.29 is 14.7 Å². The number of nitrogens with zero attached hydrogens (tertiary/aromatic N) is 2. The van der Waals surface area contributed by atoms with Crippen LogP contribution < -0.4 is 10.6 Å². The quantitative estimate of drug-likeness (QED) is 0.803. The Morgan fingerprint density at radius 1 is 1.11 bits per heavy atom. The summed E-state index contributed by atoms with van der Waals surface area (Å²) in [6.07, 6.45) is 6.13. The number of carbonyl (C=O) groups is 2. The second kappa shape index (κ2) is 8.70. The Morgan fingerprint density at radius 2 is 1.86 bits per heavy atom. The van der Waals surface area contributed by atoms with Crippen LogP contribution >= 0.6 is 12.4 Å². The maximum Gasteiger partial charge on any atom is 0.324 e. The normalized spacial score (nSPS) is 27.3. The summed E-state index contributed by atoms with van der Waals surface area (Å²) >= 11 is 0. The number of rotatable bonds is 4. The number of hydrogen-bond acceptors (Lipinski definition) is 3. The summed E-state index contributed by atoms with van der Waals surface area (Å²) in [6, 6.07) is 6.68. The number of nitrogens with two attached hydrogens (primary N) is 1. The number of aryl methyl sites for hydroxylation is 1. The number of halogens is 1. The van der Waals surface area contributed by atoms with Gasteiger partial charge in [0.25, 0.3) is 0 Å². The molecule has 2 fully saturated rings. The van der Waals surface area contributed by atoms with Crippen LogP contribution in [0.2, 0.25) is 0 Å². The summed E-state index contributed by atoms with van der Waals surface area (Å²) in [7, 11) is 0. The fourth-order valence-electron chi connectivity index (χ4n) is 4.95. The van der Waals surface area contributed by atoms with Crippen molar-refractivity contribution in [1.29, 1.82) is 0 Å². The first-order chi connectivity index (χ1) is 13.1. The molecule has 1 saturated carbocycles. The highest BCUT2D eigenvalue weighted by atomic mass is 35.5. The van der Waals surface area contributed by atoms with E-state index >= 15 is 0 Å². The fraction of sp³-hybridized carbons (Fsp3) is 0.619. The molecule has 3 aliphatic rings. The average molecular weight is 408 g/mol. The smallest absolute Gasteiger partial charge is 0.324 e. The van der Waals surface area contributed by atoms with Crippen molar-refractivity contribution in [1.82, 2.24) is 4.90 Å². The Morgan fingerprint density at radius 3 is 2.54 bits per heavy atom. The molecule has 1 atom stereocenters. The number of carboxylic acid groups (broad SMARTS) is 1. The zero-order valence-electron chi connectivity index (χ0n) is 16.2. The lowest BCUT2D eigenvalue weighted by Gasteiger charge is -2.33. The highest BCUT2D eigenvalue weighted by Gasteiger charge is 2.37. The molecule has 1 unspecified atom stereocenters. The summed E-state index contributed by atoms with van der Waals surface area (Å²) < 4.78 is 0. The topological polar surface area (TPSA) is 86.9 Å². The van der Waals surface area contributed by atoms with Gasteiger partial charge in [0.15, 0.2) is 0 Å². The molecular weight excluding hydrogens is 378 g/mol. The van der Waals surface area contributed by atoms with E-state index in [4.69, 9.17) is 10.8 Å². The SMILES string of the molecule is Cl.NCC1CCc2cc(N3CCN(C4CCC(C(=O)O)CC4)C3=O)ccc2C1. The van der Waals surface area contributed by atoms with Gasteiger partial charge in [0.1, 0.15) is 0 Å². The monoisotopic (exact) mass is 407 g/mol. The van der Waals surface area contributed by atoms with Gasteiger partial charge in [-0.15, -0.1) is 12.4 Å². The van der Waals surface area contributed by atoms with Crippen molar-refractivity contribution in [2.45, 2.75) is 51.0 Å². The molecule has 2 aliphatic carbocycles. The Hall–Kier alpha value is -1.79. The number of carbonyl (C=O) groups excluding carboxylic acids is 1. The van der Waals surface area contributed by atoms with Crippen LogP contribution in [-0.4, -0.2) is 47.7 Å². The predicted molar refractivity (Wildman–Crippen MR) is 111 cm³/mol. The molecule has 0 bridgehead atoms. The highest BCUT2D eigenvalue weighted by molar-refractivity contribution is 5.94. The molecule has 2 amide bonds. The molecular formula is C21H30ClN3O3. The summed E-state index contributed by atoms with van der Waals surface area (Å²) in [5, 5.41) is 9.17. The number of fused-ring (bicyclic) bond motifs is 1. The van der Waals surface area contributed by atoms with Crippen LogP contribution in [0.25, 0.3) is 0 Å². The second-order valence-electron chi connectivity index (χ2n) is 8.27. The van der Waals surface area contributed by atoms with Crippen molar-refractivity contribution in [2.75, 3.05) is 24.5 Å². The van der Waals surface area contributed by atoms with Crippen LogP contribution in [0.1, 0.15) is 43.2 Å².